The predicted octanol–water partition coefficient (Wildman–Crippen LogP) is 1.48. The van der Waals surface area contributed by atoms with Crippen molar-refractivity contribution in [2.45, 2.75) is 39.5 Å². The Morgan fingerprint density at radius 2 is 1.57 bits per heavy atom. The molecular formula is C19H25N5O4. The minimum atomic E-state index is -0.808. The van der Waals surface area contributed by atoms with E-state index in [1.807, 2.05) is 0 Å². The molecule has 1 saturated heterocycles. The molecule has 150 valence electrons. The average molecular weight is 387 g/mol. The smallest absolute Gasteiger partial charge is 0.329 e. The maximum atomic E-state index is 12.2. The van der Waals surface area contributed by atoms with Crippen molar-refractivity contribution >= 4 is 40.7 Å². The Hall–Kier alpha value is -3.23. The van der Waals surface area contributed by atoms with Crippen molar-refractivity contribution in [2.24, 2.45) is 5.10 Å². The van der Waals surface area contributed by atoms with Crippen LogP contribution in [0.2, 0.25) is 0 Å². The number of hydrogen-bond donors (Lipinski definition) is 3. The first-order valence-corrected chi connectivity index (χ1v) is 9.15. The van der Waals surface area contributed by atoms with Gasteiger partial charge in [-0.05, 0) is 38.3 Å². The van der Waals surface area contributed by atoms with E-state index in [0.29, 0.717) is 30.2 Å². The highest BCUT2D eigenvalue weighted by molar-refractivity contribution is 6.35. The monoisotopic (exact) mass is 387 g/mol. The molecule has 0 unspecified atom stereocenters. The van der Waals surface area contributed by atoms with Crippen molar-refractivity contribution in [1.82, 2.24) is 10.3 Å². The zero-order chi connectivity index (χ0) is 20.5. The Bertz CT molecular complexity index is 784. The summed E-state index contributed by atoms with van der Waals surface area (Å²) in [5, 5.41) is 9.15. The number of piperidine rings is 1. The summed E-state index contributed by atoms with van der Waals surface area (Å²) in [7, 11) is 0. The maximum Gasteiger partial charge on any atom is 0.329 e. The summed E-state index contributed by atoms with van der Waals surface area (Å²) in [5.74, 6) is -2.03. The third-order valence-electron chi connectivity index (χ3n) is 4.11. The molecule has 1 aromatic rings. The second-order valence-corrected chi connectivity index (χ2v) is 6.59. The molecule has 0 bridgehead atoms. The lowest BCUT2D eigenvalue weighted by atomic mass is 10.1. The second-order valence-electron chi connectivity index (χ2n) is 6.59. The van der Waals surface area contributed by atoms with Gasteiger partial charge in [0.2, 0.25) is 11.8 Å². The number of hydrogen-bond acceptors (Lipinski definition) is 5. The van der Waals surface area contributed by atoms with Crippen LogP contribution in [0.4, 0.5) is 11.4 Å². The minimum absolute atomic E-state index is 0.0768. The van der Waals surface area contributed by atoms with E-state index in [-0.39, 0.29) is 18.2 Å². The Balaban J connectivity index is 1.87. The summed E-state index contributed by atoms with van der Waals surface area (Å²) in [6, 6.07) is 6.80. The van der Waals surface area contributed by atoms with E-state index in [4.69, 9.17) is 0 Å². The molecule has 1 aliphatic rings. The van der Waals surface area contributed by atoms with Crippen LogP contribution in [0.15, 0.2) is 29.4 Å². The fraction of sp³-hybridized carbons (Fsp3) is 0.421. The van der Waals surface area contributed by atoms with Crippen LogP contribution in [-0.2, 0) is 19.2 Å². The molecule has 0 radical (unpaired) electrons. The topological polar surface area (TPSA) is 120 Å². The molecule has 0 atom stereocenters. The van der Waals surface area contributed by atoms with Crippen LogP contribution < -0.4 is 16.1 Å². The van der Waals surface area contributed by atoms with Crippen LogP contribution >= 0.6 is 0 Å². The maximum absolute atomic E-state index is 12.2. The molecule has 2 rings (SSSR count). The Morgan fingerprint density at radius 3 is 2.18 bits per heavy atom. The second kappa shape index (κ2) is 10.2. The molecule has 28 heavy (non-hydrogen) atoms. The number of carbonyl (C=O) groups is 4. The van der Waals surface area contributed by atoms with E-state index >= 15 is 0 Å². The number of benzene rings is 1. The quantitative estimate of drug-likeness (QED) is 0.403. The molecule has 9 nitrogen and oxygen atoms in total. The lowest BCUT2D eigenvalue weighted by Gasteiger charge is -2.25. The molecule has 0 saturated carbocycles. The number of anilines is 2. The average Bonchev–Trinajstić information content (AvgIpc) is 2.67. The highest BCUT2D eigenvalue weighted by atomic mass is 16.2. The molecule has 0 aliphatic carbocycles. The van der Waals surface area contributed by atoms with Gasteiger partial charge in [-0.1, -0.05) is 12.1 Å². The third-order valence-corrected chi connectivity index (χ3v) is 4.11. The summed E-state index contributed by atoms with van der Waals surface area (Å²) >= 11 is 0. The van der Waals surface area contributed by atoms with Gasteiger partial charge in [0, 0.05) is 25.7 Å². The van der Waals surface area contributed by atoms with E-state index in [1.54, 1.807) is 31.2 Å². The van der Waals surface area contributed by atoms with E-state index in [0.717, 1.165) is 19.3 Å². The van der Waals surface area contributed by atoms with E-state index in [1.165, 1.54) is 11.8 Å². The molecule has 1 fully saturated rings. The Labute approximate surface area is 163 Å². The van der Waals surface area contributed by atoms with Crippen LogP contribution in [0, 0.1) is 0 Å². The molecule has 3 N–H and O–H groups in total. The number of hydrazone groups is 1. The van der Waals surface area contributed by atoms with Crippen molar-refractivity contribution in [1.29, 1.82) is 0 Å². The number of nitrogens with one attached hydrogen (secondary N) is 3. The van der Waals surface area contributed by atoms with Gasteiger partial charge in [0.05, 0.1) is 17.8 Å². The fourth-order valence-corrected chi connectivity index (χ4v) is 2.79. The van der Waals surface area contributed by atoms with Crippen LogP contribution in [-0.4, -0.2) is 47.3 Å². The summed E-state index contributed by atoms with van der Waals surface area (Å²) in [6.45, 7) is 4.10. The van der Waals surface area contributed by atoms with Gasteiger partial charge >= 0.3 is 11.8 Å². The highest BCUT2D eigenvalue weighted by Crippen LogP contribution is 2.21. The van der Waals surface area contributed by atoms with Gasteiger partial charge in [0.1, 0.15) is 0 Å². The Kier molecular flexibility index (Phi) is 7.67. The molecule has 1 heterocycles. The van der Waals surface area contributed by atoms with Crippen molar-refractivity contribution in [3.8, 4) is 0 Å². The molecule has 1 aliphatic heterocycles. The van der Waals surface area contributed by atoms with Crippen molar-refractivity contribution in [3.63, 3.8) is 0 Å². The van der Waals surface area contributed by atoms with Crippen LogP contribution in [0.5, 0.6) is 0 Å². The van der Waals surface area contributed by atoms with Gasteiger partial charge in [-0.15, -0.1) is 0 Å². The molecule has 0 aromatic heterocycles. The number of rotatable bonds is 5. The first kappa shape index (κ1) is 21.1. The number of amides is 4. The zero-order valence-corrected chi connectivity index (χ0v) is 16.1. The molecule has 1 aromatic carbocycles. The summed E-state index contributed by atoms with van der Waals surface area (Å²) in [4.78, 5) is 48.9. The molecule has 9 heteroatoms. The first-order chi connectivity index (χ1) is 13.4. The van der Waals surface area contributed by atoms with E-state index < -0.39 is 11.8 Å². The van der Waals surface area contributed by atoms with Crippen molar-refractivity contribution < 1.29 is 19.2 Å². The number of likely N-dealkylation sites (tertiary alicyclic amines) is 1. The predicted molar refractivity (Wildman–Crippen MR) is 106 cm³/mol. The number of carbonyl (C=O) groups excluding carboxylic acids is 4. The van der Waals surface area contributed by atoms with E-state index in [9.17, 15) is 19.2 Å². The molecular weight excluding hydrogens is 362 g/mol. The lowest BCUT2D eigenvalue weighted by Crippen LogP contribution is -2.44. The standard InChI is InChI=1S/C19H25N5O4/c1-13(22-23-18(27)19(28)24-10-6-3-7-11-24)12-17(26)21-16-9-5-4-8-15(16)20-14(2)25/h4-5,8-9H,3,6-7,10-12H2,1-2H3,(H,20,25)(H,21,26)(H,23,27)/b22-13-. The molecule has 0 spiro atoms. The lowest BCUT2D eigenvalue weighted by molar-refractivity contribution is -0.146. The SMILES string of the molecule is CC(=O)Nc1ccccc1NC(=O)C/C(C)=N\NC(=O)C(=O)N1CCCCC1. The summed E-state index contributed by atoms with van der Waals surface area (Å²) in [6.07, 6.45) is 2.76. The zero-order valence-electron chi connectivity index (χ0n) is 16.1. The van der Waals surface area contributed by atoms with E-state index in [2.05, 4.69) is 21.2 Å². The normalized spacial score (nSPS) is 14.2. The van der Waals surface area contributed by atoms with Gasteiger partial charge < -0.3 is 15.5 Å². The van der Waals surface area contributed by atoms with Crippen LogP contribution in [0.25, 0.3) is 0 Å². The van der Waals surface area contributed by atoms with Gasteiger partial charge in [-0.2, -0.15) is 5.10 Å². The van der Waals surface area contributed by atoms with Crippen molar-refractivity contribution in [2.75, 3.05) is 23.7 Å². The summed E-state index contributed by atoms with van der Waals surface area (Å²) in [5.41, 5.74) is 3.49. The van der Waals surface area contributed by atoms with Gasteiger partial charge in [-0.25, -0.2) is 5.43 Å². The first-order valence-electron chi connectivity index (χ1n) is 9.15. The number of nitrogens with zero attached hydrogens (tertiary/aromatic N) is 2. The molecule has 4 amide bonds. The largest absolute Gasteiger partial charge is 0.334 e. The fourth-order valence-electron chi connectivity index (χ4n) is 2.79. The number of para-hydroxylation sites is 2. The van der Waals surface area contributed by atoms with Crippen LogP contribution in [0.1, 0.15) is 39.5 Å². The highest BCUT2D eigenvalue weighted by Gasteiger charge is 2.23. The minimum Gasteiger partial charge on any atom is -0.334 e. The third kappa shape index (κ3) is 6.49. The van der Waals surface area contributed by atoms with Crippen molar-refractivity contribution in [3.05, 3.63) is 24.3 Å². The van der Waals surface area contributed by atoms with Gasteiger partial charge in [-0.3, -0.25) is 19.2 Å². The van der Waals surface area contributed by atoms with Gasteiger partial charge in [0.25, 0.3) is 0 Å². The summed E-state index contributed by atoms with van der Waals surface area (Å²) < 4.78 is 0. The van der Waals surface area contributed by atoms with Gasteiger partial charge in [0.15, 0.2) is 0 Å². The Morgan fingerprint density at radius 1 is 0.964 bits per heavy atom. The van der Waals surface area contributed by atoms with Crippen LogP contribution in [0.3, 0.4) is 0 Å².